The number of halogens is 3. The van der Waals surface area contributed by atoms with E-state index < -0.39 is 12.5 Å². The number of rotatable bonds is 4. The largest absolute Gasteiger partial charge is 0.572 e. The molecule has 0 aromatic carbocycles. The van der Waals surface area contributed by atoms with Gasteiger partial charge in [-0.15, -0.1) is 13.2 Å². The summed E-state index contributed by atoms with van der Waals surface area (Å²) < 4.78 is 39.7. The number of carbonyl (C=O) groups is 1. The van der Waals surface area contributed by atoms with E-state index >= 15 is 0 Å². The normalized spacial score (nSPS) is 22.1. The lowest BCUT2D eigenvalue weighted by Crippen LogP contribution is -2.45. The second-order valence-electron chi connectivity index (χ2n) is 4.61. The van der Waals surface area contributed by atoms with E-state index in [1.54, 1.807) is 0 Å². The molecule has 0 spiro atoms. The van der Waals surface area contributed by atoms with Gasteiger partial charge in [0.05, 0.1) is 0 Å². The van der Waals surface area contributed by atoms with Crippen molar-refractivity contribution in [3.63, 3.8) is 0 Å². The van der Waals surface area contributed by atoms with Gasteiger partial charge in [-0.2, -0.15) is 0 Å². The van der Waals surface area contributed by atoms with Crippen molar-refractivity contribution in [1.82, 2.24) is 10.6 Å². The molecule has 0 bridgehead atoms. The predicted octanol–water partition coefficient (Wildman–Crippen LogP) is 2.94. The van der Waals surface area contributed by atoms with E-state index in [9.17, 15) is 18.0 Å². The first-order valence-corrected chi connectivity index (χ1v) is 6.49. The predicted molar refractivity (Wildman–Crippen MR) is 68.2 cm³/mol. The minimum absolute atomic E-state index is 0.163. The molecule has 2 N–H and O–H groups in total. The Labute approximate surface area is 116 Å². The molecule has 1 aliphatic heterocycles. The van der Waals surface area contributed by atoms with E-state index in [0.29, 0.717) is 44.1 Å². The third-order valence-corrected chi connectivity index (χ3v) is 2.80. The molecule has 1 unspecified atom stereocenters. The van der Waals surface area contributed by atoms with Crippen molar-refractivity contribution in [3.05, 3.63) is 24.1 Å². The first-order chi connectivity index (χ1) is 9.31. The highest BCUT2D eigenvalue weighted by atomic mass is 19.4. The smallest absolute Gasteiger partial charge is 0.412 e. The fourth-order valence-electron chi connectivity index (χ4n) is 1.84. The van der Waals surface area contributed by atoms with E-state index in [1.807, 2.05) is 6.92 Å². The summed E-state index contributed by atoms with van der Waals surface area (Å²) in [7, 11) is 0. The first kappa shape index (κ1) is 16.4. The molecule has 7 heteroatoms. The van der Waals surface area contributed by atoms with E-state index in [4.69, 9.17) is 0 Å². The molecule has 1 aliphatic rings. The third-order valence-electron chi connectivity index (χ3n) is 2.80. The summed E-state index contributed by atoms with van der Waals surface area (Å²) in [6, 6.07) is 0. The van der Waals surface area contributed by atoms with Crippen molar-refractivity contribution < 1.29 is 22.7 Å². The molecular formula is C13H19F3N2O2. The number of allylic oxidation sites excluding steroid dienone is 1. The molecule has 1 rings (SSSR count). The number of nitrogens with one attached hydrogen (secondary N) is 2. The summed E-state index contributed by atoms with van der Waals surface area (Å²) in [6.45, 7) is 5.72. The van der Waals surface area contributed by atoms with Gasteiger partial charge in [0.2, 0.25) is 5.91 Å². The van der Waals surface area contributed by atoms with Gasteiger partial charge in [0.15, 0.2) is 0 Å². The lowest BCUT2D eigenvalue weighted by molar-refractivity contribution is -0.298. The topological polar surface area (TPSA) is 50.4 Å². The van der Waals surface area contributed by atoms with Crippen LogP contribution in [0.15, 0.2) is 24.1 Å². The highest BCUT2D eigenvalue weighted by molar-refractivity contribution is 5.76. The van der Waals surface area contributed by atoms with Crippen LogP contribution >= 0.6 is 0 Å². The Hall–Kier alpha value is -1.66. The van der Waals surface area contributed by atoms with Crippen LogP contribution in [0.3, 0.4) is 0 Å². The summed E-state index contributed by atoms with van der Waals surface area (Å²) in [5.41, 5.74) is 1.03. The van der Waals surface area contributed by atoms with Crippen molar-refractivity contribution in [1.29, 1.82) is 0 Å². The molecule has 0 aliphatic carbocycles. The van der Waals surface area contributed by atoms with E-state index in [2.05, 4.69) is 21.9 Å². The van der Waals surface area contributed by atoms with Crippen LogP contribution in [0.1, 0.15) is 39.0 Å². The van der Waals surface area contributed by atoms with Crippen LogP contribution in [-0.4, -0.2) is 18.4 Å². The molecule has 0 aromatic rings. The number of carbonyl (C=O) groups excluding carboxylic acids is 1. The van der Waals surface area contributed by atoms with Crippen molar-refractivity contribution in [2.75, 3.05) is 0 Å². The number of ether oxygens (including phenoxy) is 1. The van der Waals surface area contributed by atoms with Gasteiger partial charge in [-0.1, -0.05) is 13.5 Å². The van der Waals surface area contributed by atoms with Crippen molar-refractivity contribution in [3.8, 4) is 0 Å². The van der Waals surface area contributed by atoms with E-state index in [0.717, 1.165) is 5.57 Å². The SMILES string of the molecule is C=C1CCC/C(=C/OC(F)(F)F)NC1NC(=O)CCC. The number of alkyl halides is 3. The molecule has 0 radical (unpaired) electrons. The summed E-state index contributed by atoms with van der Waals surface area (Å²) in [4.78, 5) is 11.6. The molecule has 1 heterocycles. The van der Waals surface area contributed by atoms with Gasteiger partial charge in [-0.05, 0) is 31.3 Å². The lowest BCUT2D eigenvalue weighted by Gasteiger charge is -2.21. The second-order valence-corrected chi connectivity index (χ2v) is 4.61. The zero-order valence-electron chi connectivity index (χ0n) is 11.3. The Morgan fingerprint density at radius 3 is 2.85 bits per heavy atom. The number of amides is 1. The monoisotopic (exact) mass is 292 g/mol. The minimum Gasteiger partial charge on any atom is -0.412 e. The maximum atomic E-state index is 12.0. The van der Waals surface area contributed by atoms with Gasteiger partial charge in [-0.3, -0.25) is 4.79 Å². The highest BCUT2D eigenvalue weighted by Gasteiger charge is 2.30. The molecular weight excluding hydrogens is 273 g/mol. The Kier molecular flexibility index (Phi) is 5.91. The van der Waals surface area contributed by atoms with Crippen LogP contribution < -0.4 is 10.6 Å². The van der Waals surface area contributed by atoms with Gasteiger partial charge < -0.3 is 15.4 Å². The highest BCUT2D eigenvalue weighted by Crippen LogP contribution is 2.21. The maximum Gasteiger partial charge on any atom is 0.572 e. The molecule has 0 saturated carbocycles. The fourth-order valence-corrected chi connectivity index (χ4v) is 1.84. The van der Waals surface area contributed by atoms with Crippen molar-refractivity contribution in [2.24, 2.45) is 0 Å². The standard InChI is InChI=1S/C13H19F3N2O2/c1-3-5-11(19)18-12-9(2)6-4-7-10(17-12)8-20-13(14,15)16/h8,12,17H,2-7H2,1H3,(H,18,19)/b10-8-. The van der Waals surface area contributed by atoms with Crippen LogP contribution in [-0.2, 0) is 9.53 Å². The molecule has 20 heavy (non-hydrogen) atoms. The second kappa shape index (κ2) is 7.21. The maximum absolute atomic E-state index is 12.0. The zero-order valence-corrected chi connectivity index (χ0v) is 11.3. The van der Waals surface area contributed by atoms with Crippen molar-refractivity contribution in [2.45, 2.75) is 51.6 Å². The van der Waals surface area contributed by atoms with Crippen molar-refractivity contribution >= 4 is 5.91 Å². The Balaban J connectivity index is 2.68. The molecule has 4 nitrogen and oxygen atoms in total. The van der Waals surface area contributed by atoms with Crippen LogP contribution in [0.4, 0.5) is 13.2 Å². The first-order valence-electron chi connectivity index (χ1n) is 6.49. The van der Waals surface area contributed by atoms with Crippen LogP contribution in [0, 0.1) is 0 Å². The summed E-state index contributed by atoms with van der Waals surface area (Å²) in [5, 5.41) is 5.54. The third kappa shape index (κ3) is 5.99. The van der Waals surface area contributed by atoms with Gasteiger partial charge in [0.25, 0.3) is 0 Å². The summed E-state index contributed by atoms with van der Waals surface area (Å²) >= 11 is 0. The van der Waals surface area contributed by atoms with Crippen LogP contribution in [0.25, 0.3) is 0 Å². The summed E-state index contributed by atoms with van der Waals surface area (Å²) in [5.74, 6) is -0.163. The zero-order chi connectivity index (χ0) is 15.2. The van der Waals surface area contributed by atoms with Crippen LogP contribution in [0.2, 0.25) is 0 Å². The Bertz CT molecular complexity index is 392. The van der Waals surface area contributed by atoms with Crippen LogP contribution in [0.5, 0.6) is 0 Å². The average molecular weight is 292 g/mol. The molecule has 1 atom stereocenters. The Morgan fingerprint density at radius 1 is 1.55 bits per heavy atom. The fraction of sp³-hybridized carbons (Fsp3) is 0.615. The van der Waals surface area contributed by atoms with Gasteiger partial charge in [0.1, 0.15) is 12.4 Å². The molecule has 1 fully saturated rings. The van der Waals surface area contributed by atoms with E-state index in [1.165, 1.54) is 0 Å². The van der Waals surface area contributed by atoms with Gasteiger partial charge in [-0.25, -0.2) is 0 Å². The van der Waals surface area contributed by atoms with Gasteiger partial charge >= 0.3 is 6.36 Å². The molecule has 114 valence electrons. The van der Waals surface area contributed by atoms with Gasteiger partial charge in [0, 0.05) is 12.1 Å². The minimum atomic E-state index is -4.71. The molecule has 1 saturated heterocycles. The quantitative estimate of drug-likeness (QED) is 0.619. The Morgan fingerprint density at radius 2 is 2.25 bits per heavy atom. The molecule has 1 amide bonds. The number of hydrogen-bond acceptors (Lipinski definition) is 3. The molecule has 0 aromatic heterocycles. The lowest BCUT2D eigenvalue weighted by atomic mass is 10.1. The number of hydrogen-bond donors (Lipinski definition) is 2. The summed E-state index contributed by atoms with van der Waals surface area (Å²) in [6.07, 6.45) is -1.85. The average Bonchev–Trinajstić information content (AvgIpc) is 2.49. The van der Waals surface area contributed by atoms with E-state index in [-0.39, 0.29) is 5.91 Å².